The Kier molecular flexibility index (Phi) is 2.42. The van der Waals surface area contributed by atoms with Crippen molar-refractivity contribution in [3.8, 4) is 0 Å². The Bertz CT molecular complexity index is 567. The van der Waals surface area contributed by atoms with E-state index in [1.807, 2.05) is 13.8 Å². The van der Waals surface area contributed by atoms with Crippen LogP contribution in [0.1, 0.15) is 77.9 Å². The predicted octanol–water partition coefficient (Wildman–Crippen LogP) is 3.51. The lowest BCUT2D eigenvalue weighted by molar-refractivity contribution is -0.118. The normalized spacial score (nSPS) is 45.3. The van der Waals surface area contributed by atoms with E-state index < -0.39 is 5.54 Å². The average Bonchev–Trinajstić information content (AvgIpc) is 2.71. The quantitative estimate of drug-likeness (QED) is 0.904. The van der Waals surface area contributed by atoms with Gasteiger partial charge in [-0.15, -0.1) is 0 Å². The lowest BCUT2D eigenvalue weighted by Gasteiger charge is -2.64. The molecule has 2 N–H and O–H groups in total. The van der Waals surface area contributed by atoms with E-state index in [2.05, 4.69) is 19.0 Å². The van der Waals surface area contributed by atoms with Crippen LogP contribution in [-0.2, 0) is 11.0 Å². The molecule has 0 amide bonds. The molecule has 0 aromatic carbocycles. The Morgan fingerprint density at radius 1 is 1.10 bits per heavy atom. The lowest BCUT2D eigenvalue weighted by atomic mass is 9.40. The van der Waals surface area contributed by atoms with Crippen LogP contribution in [0.25, 0.3) is 0 Å². The van der Waals surface area contributed by atoms with Gasteiger partial charge in [-0.3, -0.25) is 0 Å². The molecule has 4 saturated carbocycles. The molecule has 4 aliphatic carbocycles. The summed E-state index contributed by atoms with van der Waals surface area (Å²) in [6, 6.07) is 0. The number of nitrogens with two attached hydrogens (primary N) is 1. The molecule has 2 unspecified atom stereocenters. The van der Waals surface area contributed by atoms with Gasteiger partial charge in [-0.2, -0.15) is 4.98 Å². The highest BCUT2D eigenvalue weighted by atomic mass is 16.5. The molecule has 5 rings (SSSR count). The zero-order chi connectivity index (χ0) is 15.1. The number of rotatable bonds is 2. The van der Waals surface area contributed by atoms with Gasteiger partial charge < -0.3 is 10.3 Å². The van der Waals surface area contributed by atoms with Crippen LogP contribution in [0.3, 0.4) is 0 Å². The second-order valence-corrected chi connectivity index (χ2v) is 9.56. The smallest absolute Gasteiger partial charge is 0.232 e. The Balaban J connectivity index is 1.76. The van der Waals surface area contributed by atoms with Crippen LogP contribution in [-0.4, -0.2) is 10.1 Å². The molecule has 4 aliphatic rings. The summed E-state index contributed by atoms with van der Waals surface area (Å²) in [5, 5.41) is 4.18. The highest BCUT2D eigenvalue weighted by molar-refractivity contribution is 5.21. The predicted molar refractivity (Wildman–Crippen MR) is 80.6 cm³/mol. The molecule has 0 spiro atoms. The zero-order valence-corrected chi connectivity index (χ0v) is 13.7. The van der Waals surface area contributed by atoms with Crippen LogP contribution >= 0.6 is 0 Å². The highest BCUT2D eigenvalue weighted by Crippen LogP contribution is 2.69. The van der Waals surface area contributed by atoms with E-state index in [1.54, 1.807) is 0 Å². The van der Waals surface area contributed by atoms with Crippen molar-refractivity contribution in [2.75, 3.05) is 0 Å². The van der Waals surface area contributed by atoms with E-state index in [4.69, 9.17) is 15.2 Å². The number of aromatic nitrogens is 2. The summed E-state index contributed by atoms with van der Waals surface area (Å²) in [4.78, 5) is 4.73. The topological polar surface area (TPSA) is 64.9 Å². The van der Waals surface area contributed by atoms with E-state index in [-0.39, 0.29) is 5.41 Å². The summed E-state index contributed by atoms with van der Waals surface area (Å²) in [5.41, 5.74) is 6.63. The number of hydrogen-bond acceptors (Lipinski definition) is 4. The van der Waals surface area contributed by atoms with Crippen LogP contribution in [0.15, 0.2) is 4.52 Å². The van der Waals surface area contributed by atoms with Crippen molar-refractivity contribution in [2.45, 2.75) is 77.2 Å². The monoisotopic (exact) mass is 289 g/mol. The Labute approximate surface area is 126 Å². The first-order valence-corrected chi connectivity index (χ1v) is 8.25. The van der Waals surface area contributed by atoms with Crippen molar-refractivity contribution in [3.05, 3.63) is 11.7 Å². The van der Waals surface area contributed by atoms with Crippen LogP contribution in [0.2, 0.25) is 0 Å². The first kappa shape index (κ1) is 13.7. The minimum absolute atomic E-state index is 0.111. The van der Waals surface area contributed by atoms with Crippen LogP contribution < -0.4 is 5.73 Å². The van der Waals surface area contributed by atoms with Crippen molar-refractivity contribution in [1.29, 1.82) is 0 Å². The minimum Gasteiger partial charge on any atom is -0.339 e. The van der Waals surface area contributed by atoms with Crippen molar-refractivity contribution in [1.82, 2.24) is 10.1 Å². The third-order valence-electron chi connectivity index (χ3n) is 6.08. The molecule has 0 radical (unpaired) electrons. The fourth-order valence-corrected chi connectivity index (χ4v) is 6.39. The maximum absolute atomic E-state index is 6.13. The van der Waals surface area contributed by atoms with Crippen LogP contribution in [0, 0.1) is 16.7 Å². The third-order valence-corrected chi connectivity index (χ3v) is 6.08. The molecule has 4 bridgehead atoms. The summed E-state index contributed by atoms with van der Waals surface area (Å²) in [5.74, 6) is 2.33. The molecule has 1 heterocycles. The molecule has 4 heteroatoms. The maximum Gasteiger partial charge on any atom is 0.232 e. The summed E-state index contributed by atoms with van der Waals surface area (Å²) in [6.07, 6.45) is 7.77. The van der Waals surface area contributed by atoms with Gasteiger partial charge >= 0.3 is 0 Å². The Morgan fingerprint density at radius 2 is 1.71 bits per heavy atom. The second kappa shape index (κ2) is 3.70. The maximum atomic E-state index is 6.13. The molecule has 2 atom stereocenters. The van der Waals surface area contributed by atoms with E-state index in [0.29, 0.717) is 16.7 Å². The van der Waals surface area contributed by atoms with Crippen LogP contribution in [0.5, 0.6) is 0 Å². The highest BCUT2D eigenvalue weighted by Gasteiger charge is 2.62. The Hall–Kier alpha value is -0.900. The van der Waals surface area contributed by atoms with Crippen molar-refractivity contribution < 1.29 is 4.52 Å². The molecule has 4 fully saturated rings. The van der Waals surface area contributed by atoms with E-state index in [0.717, 1.165) is 11.8 Å². The molecule has 21 heavy (non-hydrogen) atoms. The lowest BCUT2D eigenvalue weighted by Crippen LogP contribution is -2.57. The zero-order valence-electron chi connectivity index (χ0n) is 13.7. The molecule has 0 aliphatic heterocycles. The third kappa shape index (κ3) is 1.98. The number of hydrogen-bond donors (Lipinski definition) is 1. The first-order chi connectivity index (χ1) is 9.62. The summed E-state index contributed by atoms with van der Waals surface area (Å²) < 4.78 is 5.72. The van der Waals surface area contributed by atoms with E-state index in [9.17, 15) is 0 Å². The van der Waals surface area contributed by atoms with E-state index >= 15 is 0 Å². The van der Waals surface area contributed by atoms with E-state index in [1.165, 1.54) is 38.5 Å². The standard InChI is InChI=1S/C17H27N3O/c1-14(2,18)12-19-13(21-20-12)17-7-11-5-15(3,9-17)8-16(4,6-11)10-17/h11H,5-10,18H2,1-4H3. The SMILES string of the molecule is CC12CC3CC(C)(C1)CC(c1nc(C(C)(C)N)no1)(C3)C2. The molecular formula is C17H27N3O. The van der Waals surface area contributed by atoms with Gasteiger partial charge in [-0.1, -0.05) is 19.0 Å². The second-order valence-electron chi connectivity index (χ2n) is 9.56. The van der Waals surface area contributed by atoms with Gasteiger partial charge in [-0.05, 0) is 69.1 Å². The van der Waals surface area contributed by atoms with Gasteiger partial charge in [-0.25, -0.2) is 0 Å². The molecular weight excluding hydrogens is 262 g/mol. The molecule has 0 saturated heterocycles. The van der Waals surface area contributed by atoms with Gasteiger partial charge in [0.2, 0.25) is 5.89 Å². The van der Waals surface area contributed by atoms with Crippen molar-refractivity contribution in [2.24, 2.45) is 22.5 Å². The molecule has 4 nitrogen and oxygen atoms in total. The fourth-order valence-electron chi connectivity index (χ4n) is 6.39. The van der Waals surface area contributed by atoms with Gasteiger partial charge in [0, 0.05) is 0 Å². The summed E-state index contributed by atoms with van der Waals surface area (Å²) in [6.45, 7) is 8.80. The molecule has 116 valence electrons. The van der Waals surface area contributed by atoms with Gasteiger partial charge in [0.05, 0.1) is 11.0 Å². The fraction of sp³-hybridized carbons (Fsp3) is 0.882. The average molecular weight is 289 g/mol. The minimum atomic E-state index is -0.530. The van der Waals surface area contributed by atoms with Gasteiger partial charge in [0.25, 0.3) is 0 Å². The van der Waals surface area contributed by atoms with Crippen LogP contribution in [0.4, 0.5) is 0 Å². The Morgan fingerprint density at radius 3 is 2.19 bits per heavy atom. The largest absolute Gasteiger partial charge is 0.339 e. The van der Waals surface area contributed by atoms with Crippen molar-refractivity contribution >= 4 is 0 Å². The summed E-state index contributed by atoms with van der Waals surface area (Å²) in [7, 11) is 0. The molecule has 1 aromatic rings. The first-order valence-electron chi connectivity index (χ1n) is 8.25. The summed E-state index contributed by atoms with van der Waals surface area (Å²) >= 11 is 0. The van der Waals surface area contributed by atoms with Gasteiger partial charge in [0.1, 0.15) is 0 Å². The van der Waals surface area contributed by atoms with Gasteiger partial charge in [0.15, 0.2) is 5.82 Å². The number of nitrogens with zero attached hydrogens (tertiary/aromatic N) is 2. The van der Waals surface area contributed by atoms with Crippen molar-refractivity contribution in [3.63, 3.8) is 0 Å². The molecule has 1 aromatic heterocycles.